The summed E-state index contributed by atoms with van der Waals surface area (Å²) in [6, 6.07) is 13.4. The molecule has 2 aromatic rings. The van der Waals surface area contributed by atoms with Gasteiger partial charge in [0.05, 0.1) is 16.3 Å². The van der Waals surface area contributed by atoms with Gasteiger partial charge >= 0.3 is 0 Å². The van der Waals surface area contributed by atoms with Crippen molar-refractivity contribution in [2.45, 2.75) is 45.4 Å². The Hall–Kier alpha value is -2.17. The molecule has 8 nitrogen and oxygen atoms in total. The maximum absolute atomic E-state index is 13.7. The Labute approximate surface area is 254 Å². The number of carbonyl (C=O) groups is 2. The molecular weight excluding hydrogens is 583 g/mol. The molecule has 2 aromatic carbocycles. The second-order valence-electron chi connectivity index (χ2n) is 11.2. The molecule has 2 fully saturated rings. The molecule has 11 heteroatoms. The lowest BCUT2D eigenvalue weighted by Gasteiger charge is -2.35. The van der Waals surface area contributed by atoms with Crippen molar-refractivity contribution in [3.8, 4) is 0 Å². The third kappa shape index (κ3) is 9.16. The zero-order valence-corrected chi connectivity index (χ0v) is 26.1. The van der Waals surface area contributed by atoms with Crippen LogP contribution < -0.4 is 10.2 Å². The summed E-state index contributed by atoms with van der Waals surface area (Å²) in [6.45, 7) is 5.74. The normalized spacial score (nSPS) is 17.9. The monoisotopic (exact) mass is 622 g/mol. The number of amides is 2. The van der Waals surface area contributed by atoms with E-state index in [4.69, 9.17) is 23.2 Å². The molecule has 2 aliphatic heterocycles. The van der Waals surface area contributed by atoms with Gasteiger partial charge in [-0.1, -0.05) is 35.3 Å². The molecule has 41 heavy (non-hydrogen) atoms. The fourth-order valence-electron chi connectivity index (χ4n) is 5.80. The summed E-state index contributed by atoms with van der Waals surface area (Å²) in [5.74, 6) is 0.347. The number of piperidine rings is 2. The number of nitrogens with one attached hydrogen (secondary N) is 1. The van der Waals surface area contributed by atoms with Crippen LogP contribution in [0.3, 0.4) is 0 Å². The van der Waals surface area contributed by atoms with Crippen molar-refractivity contribution < 1.29 is 18.0 Å². The molecule has 224 valence electrons. The number of halogens is 2. The number of likely N-dealkylation sites (tertiary alicyclic amines) is 1. The second kappa shape index (κ2) is 14.3. The fraction of sp³-hybridized carbons (Fsp3) is 0.533. The van der Waals surface area contributed by atoms with Crippen molar-refractivity contribution in [3.63, 3.8) is 0 Å². The number of hydrogen-bond acceptors (Lipinski definition) is 5. The lowest BCUT2D eigenvalue weighted by molar-refractivity contribution is -0.123. The van der Waals surface area contributed by atoms with Gasteiger partial charge in [-0.2, -0.15) is 0 Å². The van der Waals surface area contributed by atoms with E-state index in [0.717, 1.165) is 56.7 Å². The van der Waals surface area contributed by atoms with E-state index >= 15 is 0 Å². The number of hydrogen-bond donors (Lipinski definition) is 1. The maximum Gasteiger partial charge on any atom is 0.230 e. The minimum atomic E-state index is -3.26. The van der Waals surface area contributed by atoms with E-state index in [1.807, 2.05) is 18.2 Å². The molecule has 2 aliphatic rings. The molecular formula is C30H40Cl2N4O4S. The van der Waals surface area contributed by atoms with Gasteiger partial charge in [0, 0.05) is 43.9 Å². The standard InChI is InChI=1S/C30H40Cl2N4O4S/c1-22(37)33-26-6-4-23(5-7-26)20-24-10-16-34(17-11-24)14-3-15-36(27-8-9-28(31)29(32)21-27)30(38)25-12-18-35(19-13-25)41(2,39)40/h4-9,21,24-25H,3,10-20H2,1-2H3,(H,33,37). The highest BCUT2D eigenvalue weighted by atomic mass is 35.5. The van der Waals surface area contributed by atoms with Crippen LogP contribution in [-0.4, -0.2) is 75.0 Å². The highest BCUT2D eigenvalue weighted by Gasteiger charge is 2.32. The number of anilines is 2. The molecule has 1 N–H and O–H groups in total. The lowest BCUT2D eigenvalue weighted by atomic mass is 9.90. The third-order valence-corrected chi connectivity index (χ3v) is 10.2. The average Bonchev–Trinajstić information content (AvgIpc) is 2.94. The van der Waals surface area contributed by atoms with Crippen LogP contribution in [0.5, 0.6) is 0 Å². The van der Waals surface area contributed by atoms with Crippen molar-refractivity contribution in [2.75, 3.05) is 55.7 Å². The highest BCUT2D eigenvalue weighted by molar-refractivity contribution is 7.88. The Morgan fingerprint density at radius 1 is 0.951 bits per heavy atom. The van der Waals surface area contributed by atoms with Crippen LogP contribution in [0.25, 0.3) is 0 Å². The highest BCUT2D eigenvalue weighted by Crippen LogP contribution is 2.30. The van der Waals surface area contributed by atoms with Crippen LogP contribution in [0.15, 0.2) is 42.5 Å². The van der Waals surface area contributed by atoms with Gasteiger partial charge in [-0.15, -0.1) is 0 Å². The van der Waals surface area contributed by atoms with Crippen LogP contribution in [-0.2, 0) is 26.0 Å². The molecule has 0 radical (unpaired) electrons. The van der Waals surface area contributed by atoms with Crippen LogP contribution >= 0.6 is 23.2 Å². The number of rotatable bonds is 10. The molecule has 4 rings (SSSR count). The summed E-state index contributed by atoms with van der Waals surface area (Å²) >= 11 is 12.5. The first-order valence-corrected chi connectivity index (χ1v) is 16.9. The Morgan fingerprint density at radius 2 is 1.61 bits per heavy atom. The molecule has 0 saturated carbocycles. The molecule has 0 aliphatic carbocycles. The Kier molecular flexibility index (Phi) is 11.1. The number of benzene rings is 2. The Balaban J connectivity index is 1.29. The zero-order chi connectivity index (χ0) is 29.6. The van der Waals surface area contributed by atoms with Gasteiger partial charge in [-0.05, 0) is 100.0 Å². The van der Waals surface area contributed by atoms with Crippen molar-refractivity contribution in [1.29, 1.82) is 0 Å². The summed E-state index contributed by atoms with van der Waals surface area (Å²) in [5.41, 5.74) is 2.83. The second-order valence-corrected chi connectivity index (χ2v) is 14.0. The predicted molar refractivity (Wildman–Crippen MR) is 166 cm³/mol. The largest absolute Gasteiger partial charge is 0.326 e. The predicted octanol–water partition coefficient (Wildman–Crippen LogP) is 5.30. The number of nitrogens with zero attached hydrogens (tertiary/aromatic N) is 3. The molecule has 2 amide bonds. The number of carbonyl (C=O) groups excluding carboxylic acids is 2. The minimum absolute atomic E-state index is 0.0137. The summed E-state index contributed by atoms with van der Waals surface area (Å²) in [6.07, 6.45) is 6.34. The van der Waals surface area contributed by atoms with Crippen molar-refractivity contribution in [3.05, 3.63) is 58.1 Å². The van der Waals surface area contributed by atoms with Crippen LogP contribution in [0, 0.1) is 11.8 Å². The first-order valence-electron chi connectivity index (χ1n) is 14.3. The summed E-state index contributed by atoms with van der Waals surface area (Å²) < 4.78 is 25.3. The van der Waals surface area contributed by atoms with Gasteiger partial charge in [0.1, 0.15) is 0 Å². The van der Waals surface area contributed by atoms with Gasteiger partial charge in [-0.25, -0.2) is 12.7 Å². The van der Waals surface area contributed by atoms with Gasteiger partial charge in [0.15, 0.2) is 0 Å². The summed E-state index contributed by atoms with van der Waals surface area (Å²) in [4.78, 5) is 29.2. The van der Waals surface area contributed by atoms with E-state index < -0.39 is 10.0 Å². The van der Waals surface area contributed by atoms with E-state index in [9.17, 15) is 18.0 Å². The van der Waals surface area contributed by atoms with Gasteiger partial charge < -0.3 is 15.1 Å². The van der Waals surface area contributed by atoms with Gasteiger partial charge in [0.2, 0.25) is 21.8 Å². The lowest BCUT2D eigenvalue weighted by Crippen LogP contribution is -2.45. The topological polar surface area (TPSA) is 90.0 Å². The molecule has 0 bridgehead atoms. The quantitative estimate of drug-likeness (QED) is 0.388. The van der Waals surface area contributed by atoms with Crippen LogP contribution in [0.2, 0.25) is 10.0 Å². The molecule has 0 aromatic heterocycles. The SMILES string of the molecule is CC(=O)Nc1ccc(CC2CCN(CCCN(C(=O)C3CCN(S(C)(=O)=O)CC3)c3ccc(Cl)c(Cl)c3)CC2)cc1. The molecule has 2 heterocycles. The fourth-order valence-corrected chi connectivity index (χ4v) is 6.97. The van der Waals surface area contributed by atoms with Crippen LogP contribution in [0.4, 0.5) is 11.4 Å². The number of sulfonamides is 1. The summed E-state index contributed by atoms with van der Waals surface area (Å²) in [5, 5.41) is 3.65. The molecule has 2 saturated heterocycles. The minimum Gasteiger partial charge on any atom is -0.326 e. The van der Waals surface area contributed by atoms with Crippen molar-refractivity contribution in [1.82, 2.24) is 9.21 Å². The van der Waals surface area contributed by atoms with E-state index in [1.54, 1.807) is 17.0 Å². The maximum atomic E-state index is 13.7. The van der Waals surface area contributed by atoms with E-state index in [1.165, 1.54) is 23.0 Å². The van der Waals surface area contributed by atoms with E-state index in [2.05, 4.69) is 22.3 Å². The van der Waals surface area contributed by atoms with Gasteiger partial charge in [-0.3, -0.25) is 9.59 Å². The summed E-state index contributed by atoms with van der Waals surface area (Å²) in [7, 11) is -3.26. The van der Waals surface area contributed by atoms with Crippen LogP contribution in [0.1, 0.15) is 44.6 Å². The van der Waals surface area contributed by atoms with E-state index in [0.29, 0.717) is 48.4 Å². The first-order chi connectivity index (χ1) is 19.5. The zero-order valence-electron chi connectivity index (χ0n) is 23.8. The van der Waals surface area contributed by atoms with Crippen molar-refractivity contribution in [2.24, 2.45) is 11.8 Å². The van der Waals surface area contributed by atoms with Gasteiger partial charge in [0.25, 0.3) is 0 Å². The third-order valence-electron chi connectivity index (χ3n) is 8.11. The average molecular weight is 624 g/mol. The first kappa shape index (κ1) is 31.8. The van der Waals surface area contributed by atoms with E-state index in [-0.39, 0.29) is 17.7 Å². The van der Waals surface area contributed by atoms with Crippen molar-refractivity contribution >= 4 is 56.4 Å². The molecule has 0 unspecified atom stereocenters. The molecule has 0 atom stereocenters. The molecule has 0 spiro atoms. The Morgan fingerprint density at radius 3 is 2.20 bits per heavy atom. The smallest absolute Gasteiger partial charge is 0.230 e. The Bertz CT molecular complexity index is 1310.